The van der Waals surface area contributed by atoms with E-state index in [0.717, 1.165) is 29.5 Å². The van der Waals surface area contributed by atoms with Gasteiger partial charge in [-0.05, 0) is 56.5 Å². The van der Waals surface area contributed by atoms with Gasteiger partial charge in [-0.2, -0.15) is 5.10 Å². The fourth-order valence-corrected chi connectivity index (χ4v) is 3.69. The molecule has 0 saturated carbocycles. The molecule has 0 bridgehead atoms. The normalized spacial score (nSPS) is 20.3. The van der Waals surface area contributed by atoms with Gasteiger partial charge in [0.2, 0.25) is 5.88 Å². The van der Waals surface area contributed by atoms with E-state index in [4.69, 9.17) is 4.74 Å². The van der Waals surface area contributed by atoms with Crippen LogP contribution in [0, 0.1) is 0 Å². The number of nitrogens with one attached hydrogen (secondary N) is 2. The predicted octanol–water partition coefficient (Wildman–Crippen LogP) is 4.41. The summed E-state index contributed by atoms with van der Waals surface area (Å²) in [5.41, 5.74) is 3.30. The minimum Gasteiger partial charge on any atom is -0.508 e. The lowest BCUT2D eigenvalue weighted by atomic mass is 9.98. The second kappa shape index (κ2) is 11.4. The van der Waals surface area contributed by atoms with Gasteiger partial charge in [0, 0.05) is 35.5 Å². The molecule has 0 radical (unpaired) electrons. The Hall–Kier alpha value is -2.06. The van der Waals surface area contributed by atoms with E-state index in [0.29, 0.717) is 23.7 Å². The van der Waals surface area contributed by atoms with Crippen LogP contribution in [0.1, 0.15) is 26.7 Å². The summed E-state index contributed by atoms with van der Waals surface area (Å²) < 4.78 is 6.04. The zero-order valence-electron chi connectivity index (χ0n) is 16.6. The maximum absolute atomic E-state index is 9.86. The molecule has 2 unspecified atom stereocenters. The third-order valence-electron chi connectivity index (χ3n) is 4.82. The van der Waals surface area contributed by atoms with E-state index in [2.05, 4.69) is 39.6 Å². The molecule has 1 aromatic carbocycles. The number of ether oxygens (including phenoxy) is 1. The van der Waals surface area contributed by atoms with Gasteiger partial charge in [0.25, 0.3) is 0 Å². The van der Waals surface area contributed by atoms with E-state index < -0.39 is 0 Å². The van der Waals surface area contributed by atoms with Crippen LogP contribution in [0.2, 0.25) is 0 Å². The third kappa shape index (κ3) is 5.98. The van der Waals surface area contributed by atoms with Crippen molar-refractivity contribution in [3.8, 4) is 34.0 Å². The molecule has 0 spiro atoms. The number of hydrogen-bond donors (Lipinski definition) is 3. The first-order valence-electron chi connectivity index (χ1n) is 9.17. The molecule has 1 saturated heterocycles. The van der Waals surface area contributed by atoms with Gasteiger partial charge in [0.05, 0.1) is 11.9 Å². The molecule has 3 aromatic rings. The fraction of sp³-hybridized carbons (Fsp3) is 0.350. The number of halogens is 3. The summed E-state index contributed by atoms with van der Waals surface area (Å²) in [6, 6.07) is 9.78. The van der Waals surface area contributed by atoms with Crippen LogP contribution in [-0.4, -0.2) is 43.7 Å². The number of phenols is 1. The van der Waals surface area contributed by atoms with Crippen LogP contribution in [0.4, 0.5) is 0 Å². The summed E-state index contributed by atoms with van der Waals surface area (Å²) in [6.07, 6.45) is 5.55. The molecule has 3 heterocycles. The highest BCUT2D eigenvalue weighted by Gasteiger charge is 2.25. The minimum atomic E-state index is 0. The zero-order valence-corrected chi connectivity index (χ0v) is 19.1. The molecule has 10 heteroatoms. The second-order valence-electron chi connectivity index (χ2n) is 7.15. The highest BCUT2D eigenvalue weighted by molar-refractivity contribution is 5.86. The van der Waals surface area contributed by atoms with Gasteiger partial charge in [-0.1, -0.05) is 0 Å². The highest BCUT2D eigenvalue weighted by Crippen LogP contribution is 2.33. The van der Waals surface area contributed by atoms with Gasteiger partial charge in [-0.25, -0.2) is 0 Å². The first-order chi connectivity index (χ1) is 13.1. The summed E-state index contributed by atoms with van der Waals surface area (Å²) in [5, 5.41) is 28.8. The summed E-state index contributed by atoms with van der Waals surface area (Å²) in [6.45, 7) is 4.34. The smallest absolute Gasteiger partial charge is 0.233 e. The molecular weight excluding hydrogens is 449 g/mol. The molecule has 30 heavy (non-hydrogen) atoms. The lowest BCUT2D eigenvalue weighted by Crippen LogP contribution is -2.46. The van der Waals surface area contributed by atoms with Crippen LogP contribution >= 0.6 is 37.2 Å². The Bertz CT molecular complexity index is 899. The third-order valence-corrected chi connectivity index (χ3v) is 4.82. The molecule has 1 aliphatic heterocycles. The maximum atomic E-state index is 9.86. The van der Waals surface area contributed by atoms with Crippen molar-refractivity contribution in [3.05, 3.63) is 42.7 Å². The van der Waals surface area contributed by atoms with Crippen molar-refractivity contribution in [2.45, 2.75) is 44.9 Å². The number of piperidine rings is 1. The standard InChI is InChI=1S/C20H23N5O2.3ClH/c1-12-7-16(8-13(2)23-12)27-20-6-5-19(24-25-20)17-4-3-15(26)9-18(17)14-10-21-22-11-14;;;/h3-6,9-13,16,23,26H,7-8H2,1-2H3,(H,21,22);3*1H. The van der Waals surface area contributed by atoms with E-state index in [1.807, 2.05) is 18.2 Å². The molecule has 7 nitrogen and oxygen atoms in total. The van der Waals surface area contributed by atoms with Crippen molar-refractivity contribution in [1.82, 2.24) is 25.7 Å². The number of aromatic nitrogens is 4. The van der Waals surface area contributed by atoms with Crippen LogP contribution < -0.4 is 10.1 Å². The SMILES string of the molecule is CC1CC(Oc2ccc(-c3ccc(O)cc3-c3cn[nH]c3)nn2)CC(C)N1.Cl.Cl.Cl. The zero-order chi connectivity index (χ0) is 18.8. The Balaban J connectivity index is 0.00000150. The van der Waals surface area contributed by atoms with Crippen molar-refractivity contribution >= 4 is 37.2 Å². The average Bonchev–Trinajstić information content (AvgIpc) is 3.16. The van der Waals surface area contributed by atoms with Crippen molar-refractivity contribution < 1.29 is 9.84 Å². The summed E-state index contributed by atoms with van der Waals surface area (Å²) in [7, 11) is 0. The molecule has 2 aromatic heterocycles. The minimum absolute atomic E-state index is 0. The Morgan fingerprint density at radius 2 is 1.70 bits per heavy atom. The van der Waals surface area contributed by atoms with Crippen LogP contribution in [0.25, 0.3) is 22.4 Å². The van der Waals surface area contributed by atoms with E-state index in [-0.39, 0.29) is 49.1 Å². The van der Waals surface area contributed by atoms with Gasteiger partial charge in [-0.3, -0.25) is 5.10 Å². The second-order valence-corrected chi connectivity index (χ2v) is 7.15. The molecule has 1 fully saturated rings. The van der Waals surface area contributed by atoms with E-state index in [1.54, 1.807) is 24.5 Å². The van der Waals surface area contributed by atoms with Crippen molar-refractivity contribution in [2.24, 2.45) is 0 Å². The summed E-state index contributed by atoms with van der Waals surface area (Å²) in [4.78, 5) is 0. The number of H-pyrrole nitrogens is 1. The summed E-state index contributed by atoms with van der Waals surface area (Å²) >= 11 is 0. The molecule has 1 aliphatic rings. The fourth-order valence-electron chi connectivity index (χ4n) is 3.69. The molecular formula is C20H26Cl3N5O2. The van der Waals surface area contributed by atoms with Crippen LogP contribution in [0.3, 0.4) is 0 Å². The lowest BCUT2D eigenvalue weighted by molar-refractivity contribution is 0.117. The predicted molar refractivity (Wildman–Crippen MR) is 124 cm³/mol. The number of phenolic OH excluding ortho intramolecular Hbond substituents is 1. The Kier molecular flexibility index (Phi) is 9.84. The van der Waals surface area contributed by atoms with Crippen LogP contribution in [0.5, 0.6) is 11.6 Å². The van der Waals surface area contributed by atoms with Gasteiger partial charge in [0.15, 0.2) is 0 Å². The largest absolute Gasteiger partial charge is 0.508 e. The number of aromatic amines is 1. The van der Waals surface area contributed by atoms with Gasteiger partial charge >= 0.3 is 0 Å². The molecule has 0 aliphatic carbocycles. The van der Waals surface area contributed by atoms with E-state index >= 15 is 0 Å². The van der Waals surface area contributed by atoms with Gasteiger partial charge in [-0.15, -0.1) is 47.4 Å². The van der Waals surface area contributed by atoms with E-state index in [1.165, 1.54) is 0 Å². The van der Waals surface area contributed by atoms with E-state index in [9.17, 15) is 5.11 Å². The molecule has 2 atom stereocenters. The van der Waals surface area contributed by atoms with Crippen LogP contribution in [-0.2, 0) is 0 Å². The number of rotatable bonds is 4. The number of nitrogens with zero attached hydrogens (tertiary/aromatic N) is 3. The first-order valence-corrected chi connectivity index (χ1v) is 9.17. The topological polar surface area (TPSA) is 96.0 Å². The lowest BCUT2D eigenvalue weighted by Gasteiger charge is -2.32. The average molecular weight is 475 g/mol. The molecule has 4 rings (SSSR count). The molecule has 0 amide bonds. The molecule has 164 valence electrons. The highest BCUT2D eigenvalue weighted by atomic mass is 35.5. The van der Waals surface area contributed by atoms with Crippen molar-refractivity contribution in [1.29, 1.82) is 0 Å². The molecule has 3 N–H and O–H groups in total. The van der Waals surface area contributed by atoms with Gasteiger partial charge in [0.1, 0.15) is 11.9 Å². The summed E-state index contributed by atoms with van der Waals surface area (Å²) in [5.74, 6) is 0.727. The Labute approximate surface area is 194 Å². The van der Waals surface area contributed by atoms with Crippen molar-refractivity contribution in [3.63, 3.8) is 0 Å². The van der Waals surface area contributed by atoms with Crippen molar-refractivity contribution in [2.75, 3.05) is 0 Å². The number of aromatic hydroxyl groups is 1. The number of benzene rings is 1. The number of hydrogen-bond acceptors (Lipinski definition) is 6. The Morgan fingerprint density at radius 1 is 0.967 bits per heavy atom. The Morgan fingerprint density at radius 3 is 2.30 bits per heavy atom. The first kappa shape index (κ1) is 26.0. The quantitative estimate of drug-likeness (QED) is 0.518. The van der Waals surface area contributed by atoms with Gasteiger partial charge < -0.3 is 15.2 Å². The van der Waals surface area contributed by atoms with Crippen LogP contribution in [0.15, 0.2) is 42.7 Å². The monoisotopic (exact) mass is 473 g/mol. The maximum Gasteiger partial charge on any atom is 0.233 e.